The average Bonchev–Trinajstić information content (AvgIpc) is 2.57. The van der Waals surface area contributed by atoms with Gasteiger partial charge in [-0.3, -0.25) is 9.10 Å². The van der Waals surface area contributed by atoms with Crippen molar-refractivity contribution in [2.24, 2.45) is 0 Å². The monoisotopic (exact) mass is 360 g/mol. The van der Waals surface area contributed by atoms with Crippen LogP contribution in [0.25, 0.3) is 0 Å². The number of para-hydroxylation sites is 1. The van der Waals surface area contributed by atoms with Crippen LogP contribution in [0.2, 0.25) is 0 Å². The molecule has 134 valence electrons. The lowest BCUT2D eigenvalue weighted by Gasteiger charge is -2.25. The second-order valence-electron chi connectivity index (χ2n) is 5.89. The van der Waals surface area contributed by atoms with E-state index in [1.54, 1.807) is 17.0 Å². The van der Waals surface area contributed by atoms with Crippen LogP contribution >= 0.6 is 0 Å². The van der Waals surface area contributed by atoms with Gasteiger partial charge >= 0.3 is 0 Å². The molecule has 2 rings (SSSR count). The Morgan fingerprint density at radius 3 is 2.08 bits per heavy atom. The van der Waals surface area contributed by atoms with E-state index in [0.29, 0.717) is 12.2 Å². The van der Waals surface area contributed by atoms with Crippen molar-refractivity contribution in [2.75, 3.05) is 28.6 Å². The second kappa shape index (κ2) is 8.16. The summed E-state index contributed by atoms with van der Waals surface area (Å²) in [4.78, 5) is 14.3. The summed E-state index contributed by atoms with van der Waals surface area (Å²) in [7, 11) is -3.46. The number of aryl methyl sites for hydroxylation is 1. The Labute approximate surface area is 149 Å². The zero-order chi connectivity index (χ0) is 18.4. The lowest BCUT2D eigenvalue weighted by Crippen LogP contribution is -2.36. The van der Waals surface area contributed by atoms with E-state index in [0.717, 1.165) is 17.5 Å². The summed E-state index contributed by atoms with van der Waals surface area (Å²) in [6.07, 6.45) is 1.27. The van der Waals surface area contributed by atoms with Crippen molar-refractivity contribution in [2.45, 2.75) is 20.3 Å². The topological polar surface area (TPSA) is 57.7 Å². The molecule has 0 aromatic heterocycles. The molecule has 0 aliphatic heterocycles. The lowest BCUT2D eigenvalue weighted by atomic mass is 10.2. The van der Waals surface area contributed by atoms with Crippen LogP contribution in [0, 0.1) is 6.92 Å². The van der Waals surface area contributed by atoms with Gasteiger partial charge in [0, 0.05) is 25.2 Å². The Kier molecular flexibility index (Phi) is 6.20. The Bertz CT molecular complexity index is 802. The molecular formula is C19H24N2O3S. The van der Waals surface area contributed by atoms with Crippen molar-refractivity contribution in [3.8, 4) is 0 Å². The SMILES string of the molecule is CCN(C(=O)CCN(c1ccc(C)cc1)S(C)(=O)=O)c1ccccc1. The van der Waals surface area contributed by atoms with Crippen LogP contribution in [0.3, 0.4) is 0 Å². The molecule has 0 aliphatic carbocycles. The molecule has 0 atom stereocenters. The zero-order valence-electron chi connectivity index (χ0n) is 14.8. The number of carbonyl (C=O) groups excluding carboxylic acids is 1. The fourth-order valence-corrected chi connectivity index (χ4v) is 3.57. The zero-order valence-corrected chi connectivity index (χ0v) is 15.7. The Balaban J connectivity index is 2.15. The van der Waals surface area contributed by atoms with E-state index in [-0.39, 0.29) is 18.9 Å². The van der Waals surface area contributed by atoms with E-state index in [1.807, 2.05) is 56.3 Å². The van der Waals surface area contributed by atoms with Gasteiger partial charge < -0.3 is 4.90 Å². The average molecular weight is 360 g/mol. The number of carbonyl (C=O) groups is 1. The first-order valence-electron chi connectivity index (χ1n) is 8.22. The third-order valence-electron chi connectivity index (χ3n) is 3.94. The molecule has 0 saturated carbocycles. The maximum Gasteiger partial charge on any atom is 0.232 e. The van der Waals surface area contributed by atoms with Gasteiger partial charge in [0.1, 0.15) is 0 Å². The molecule has 0 fully saturated rings. The highest BCUT2D eigenvalue weighted by atomic mass is 32.2. The minimum atomic E-state index is -3.46. The van der Waals surface area contributed by atoms with Crippen molar-refractivity contribution in [1.82, 2.24) is 0 Å². The first-order valence-corrected chi connectivity index (χ1v) is 10.1. The molecule has 1 amide bonds. The van der Waals surface area contributed by atoms with Crippen LogP contribution in [-0.4, -0.2) is 33.7 Å². The molecule has 0 bridgehead atoms. The quantitative estimate of drug-likeness (QED) is 0.762. The van der Waals surface area contributed by atoms with Gasteiger partial charge in [-0.25, -0.2) is 8.42 Å². The van der Waals surface area contributed by atoms with Gasteiger partial charge in [0.05, 0.1) is 11.9 Å². The number of sulfonamides is 1. The van der Waals surface area contributed by atoms with Crippen molar-refractivity contribution in [1.29, 1.82) is 0 Å². The van der Waals surface area contributed by atoms with E-state index in [2.05, 4.69) is 0 Å². The molecule has 0 heterocycles. The van der Waals surface area contributed by atoms with Gasteiger partial charge in [-0.15, -0.1) is 0 Å². The summed E-state index contributed by atoms with van der Waals surface area (Å²) in [6, 6.07) is 16.6. The van der Waals surface area contributed by atoms with Crippen molar-refractivity contribution < 1.29 is 13.2 Å². The summed E-state index contributed by atoms with van der Waals surface area (Å²) >= 11 is 0. The fraction of sp³-hybridized carbons (Fsp3) is 0.316. The fourth-order valence-electron chi connectivity index (χ4n) is 2.64. The summed E-state index contributed by atoms with van der Waals surface area (Å²) in [5, 5.41) is 0. The molecule has 5 nitrogen and oxygen atoms in total. The molecule has 0 spiro atoms. The number of benzene rings is 2. The maximum absolute atomic E-state index is 12.6. The molecule has 0 saturated heterocycles. The predicted molar refractivity (Wildman–Crippen MR) is 102 cm³/mol. The molecule has 0 unspecified atom stereocenters. The van der Waals surface area contributed by atoms with E-state index in [1.165, 1.54) is 4.31 Å². The smallest absolute Gasteiger partial charge is 0.232 e. The van der Waals surface area contributed by atoms with Crippen molar-refractivity contribution in [3.63, 3.8) is 0 Å². The third-order valence-corrected chi connectivity index (χ3v) is 5.13. The van der Waals surface area contributed by atoms with Gasteiger partial charge in [-0.2, -0.15) is 0 Å². The molecule has 0 radical (unpaired) electrons. The van der Waals surface area contributed by atoms with Crippen LogP contribution in [0.4, 0.5) is 11.4 Å². The standard InChI is InChI=1S/C19H24N2O3S/c1-4-20(17-8-6-5-7-9-17)19(22)14-15-21(25(3,23)24)18-12-10-16(2)11-13-18/h5-13H,4,14-15H2,1-3H3. The van der Waals surface area contributed by atoms with E-state index in [4.69, 9.17) is 0 Å². The first-order chi connectivity index (χ1) is 11.8. The van der Waals surface area contributed by atoms with Crippen LogP contribution in [0.5, 0.6) is 0 Å². The highest BCUT2D eigenvalue weighted by Gasteiger charge is 2.21. The number of rotatable bonds is 7. The number of hydrogen-bond donors (Lipinski definition) is 0. The highest BCUT2D eigenvalue weighted by Crippen LogP contribution is 2.20. The van der Waals surface area contributed by atoms with E-state index >= 15 is 0 Å². The largest absolute Gasteiger partial charge is 0.313 e. The summed E-state index contributed by atoms with van der Waals surface area (Å²) < 4.78 is 25.6. The van der Waals surface area contributed by atoms with Crippen LogP contribution in [0.15, 0.2) is 54.6 Å². The minimum Gasteiger partial charge on any atom is -0.313 e. The molecule has 25 heavy (non-hydrogen) atoms. The summed E-state index contributed by atoms with van der Waals surface area (Å²) in [5.41, 5.74) is 2.44. The van der Waals surface area contributed by atoms with E-state index in [9.17, 15) is 13.2 Å². The summed E-state index contributed by atoms with van der Waals surface area (Å²) in [5.74, 6) is -0.102. The molecule has 0 N–H and O–H groups in total. The summed E-state index contributed by atoms with van der Waals surface area (Å²) in [6.45, 7) is 4.49. The van der Waals surface area contributed by atoms with Crippen molar-refractivity contribution >= 4 is 27.3 Å². The number of hydrogen-bond acceptors (Lipinski definition) is 3. The van der Waals surface area contributed by atoms with Gasteiger partial charge in [0.25, 0.3) is 0 Å². The molecule has 6 heteroatoms. The van der Waals surface area contributed by atoms with Crippen LogP contribution in [-0.2, 0) is 14.8 Å². The maximum atomic E-state index is 12.6. The van der Waals surface area contributed by atoms with Crippen LogP contribution in [0.1, 0.15) is 18.9 Å². The Morgan fingerprint density at radius 1 is 0.960 bits per heavy atom. The first kappa shape index (κ1) is 19.0. The van der Waals surface area contributed by atoms with Gasteiger partial charge in [0.2, 0.25) is 15.9 Å². The normalized spacial score (nSPS) is 11.2. The predicted octanol–water partition coefficient (Wildman–Crippen LogP) is 3.20. The number of anilines is 2. The highest BCUT2D eigenvalue weighted by molar-refractivity contribution is 7.92. The van der Waals surface area contributed by atoms with Crippen LogP contribution < -0.4 is 9.21 Å². The van der Waals surface area contributed by atoms with Gasteiger partial charge in [0.15, 0.2) is 0 Å². The minimum absolute atomic E-state index is 0.102. The number of nitrogens with zero attached hydrogens (tertiary/aromatic N) is 2. The Hall–Kier alpha value is -2.34. The molecule has 2 aromatic carbocycles. The van der Waals surface area contributed by atoms with Gasteiger partial charge in [-0.05, 0) is 38.1 Å². The lowest BCUT2D eigenvalue weighted by molar-refractivity contribution is -0.118. The van der Waals surface area contributed by atoms with Crippen molar-refractivity contribution in [3.05, 3.63) is 60.2 Å². The molecule has 2 aromatic rings. The molecule has 0 aliphatic rings. The van der Waals surface area contributed by atoms with E-state index < -0.39 is 10.0 Å². The molecular weight excluding hydrogens is 336 g/mol. The second-order valence-corrected chi connectivity index (χ2v) is 7.80. The van der Waals surface area contributed by atoms with Gasteiger partial charge in [-0.1, -0.05) is 35.9 Å². The third kappa shape index (κ3) is 5.06. The number of amides is 1. The Morgan fingerprint density at radius 2 is 1.56 bits per heavy atom.